The van der Waals surface area contributed by atoms with Crippen molar-refractivity contribution in [1.82, 2.24) is 15.1 Å². The third-order valence-electron chi connectivity index (χ3n) is 3.44. The molecule has 2 aromatic rings. The number of hydrogen-bond donors (Lipinski definition) is 1. The van der Waals surface area contributed by atoms with Gasteiger partial charge in [-0.2, -0.15) is 5.10 Å². The van der Waals surface area contributed by atoms with E-state index in [0.29, 0.717) is 24.2 Å². The molecule has 1 aliphatic rings. The van der Waals surface area contributed by atoms with Crippen molar-refractivity contribution in [2.24, 2.45) is 0 Å². The first-order valence-electron chi connectivity index (χ1n) is 6.24. The highest BCUT2D eigenvalue weighted by Gasteiger charge is 2.27. The Morgan fingerprint density at radius 1 is 1.47 bits per heavy atom. The first-order chi connectivity index (χ1) is 9.16. The molecule has 1 aromatic carbocycles. The molecule has 98 valence electrons. The molecule has 0 radical (unpaired) electrons. The lowest BCUT2D eigenvalue weighted by molar-refractivity contribution is 0.0940. The second-order valence-corrected chi connectivity index (χ2v) is 4.80. The molecular weight excluding hydrogens is 245 g/mol. The molecule has 3 rings (SSSR count). The maximum Gasteiger partial charge on any atom is 0.254 e. The van der Waals surface area contributed by atoms with Gasteiger partial charge in [0.05, 0.1) is 24.0 Å². The Kier molecular flexibility index (Phi) is 2.81. The number of fused-ring (bicyclic) bond motifs is 1. The van der Waals surface area contributed by atoms with Crippen LogP contribution in [-0.4, -0.2) is 22.2 Å². The summed E-state index contributed by atoms with van der Waals surface area (Å²) in [5, 5.41) is 7.03. The fourth-order valence-corrected chi connectivity index (χ4v) is 2.44. The van der Waals surface area contributed by atoms with Crippen LogP contribution in [0.3, 0.4) is 0 Å². The minimum Gasteiger partial charge on any atom is -0.351 e. The molecule has 0 spiro atoms. The summed E-state index contributed by atoms with van der Waals surface area (Å²) in [5.74, 6) is -0.172. The molecule has 0 bridgehead atoms. The Balaban J connectivity index is 1.99. The molecule has 1 aromatic heterocycles. The lowest BCUT2D eigenvalue weighted by Crippen LogP contribution is -2.34. The first-order valence-corrected chi connectivity index (χ1v) is 6.24. The Hall–Kier alpha value is -2.17. The molecule has 2 heterocycles. The minimum absolute atomic E-state index is 0.104. The lowest BCUT2D eigenvalue weighted by atomic mass is 9.99. The van der Waals surface area contributed by atoms with E-state index in [0.717, 1.165) is 5.69 Å². The maximum absolute atomic E-state index is 13.7. The van der Waals surface area contributed by atoms with Crippen LogP contribution < -0.4 is 5.32 Å². The summed E-state index contributed by atoms with van der Waals surface area (Å²) in [5.41, 5.74) is 2.05. The van der Waals surface area contributed by atoms with Crippen molar-refractivity contribution < 1.29 is 9.18 Å². The second-order valence-electron chi connectivity index (χ2n) is 4.80. The molecule has 4 nitrogen and oxygen atoms in total. The summed E-state index contributed by atoms with van der Waals surface area (Å²) >= 11 is 0. The van der Waals surface area contributed by atoms with E-state index in [1.54, 1.807) is 29.1 Å². The summed E-state index contributed by atoms with van der Waals surface area (Å²) in [6, 6.07) is 6.62. The summed E-state index contributed by atoms with van der Waals surface area (Å²) in [6.45, 7) is 2.96. The quantitative estimate of drug-likeness (QED) is 0.895. The van der Waals surface area contributed by atoms with Crippen LogP contribution in [-0.2, 0) is 6.54 Å². The Bertz CT molecular complexity index is 635. The van der Waals surface area contributed by atoms with Crippen molar-refractivity contribution in [2.45, 2.75) is 19.4 Å². The zero-order chi connectivity index (χ0) is 13.4. The molecule has 0 saturated heterocycles. The van der Waals surface area contributed by atoms with Crippen LogP contribution in [0, 0.1) is 5.82 Å². The van der Waals surface area contributed by atoms with Gasteiger partial charge in [-0.1, -0.05) is 25.1 Å². The number of rotatable bonds is 2. The fourth-order valence-electron chi connectivity index (χ4n) is 2.44. The van der Waals surface area contributed by atoms with E-state index in [4.69, 9.17) is 0 Å². The van der Waals surface area contributed by atoms with Gasteiger partial charge >= 0.3 is 0 Å². The highest BCUT2D eigenvalue weighted by atomic mass is 19.1. The van der Waals surface area contributed by atoms with Gasteiger partial charge in [0.1, 0.15) is 5.82 Å². The van der Waals surface area contributed by atoms with Crippen molar-refractivity contribution in [2.75, 3.05) is 6.54 Å². The number of amides is 1. The average Bonchev–Trinajstić information content (AvgIpc) is 2.82. The molecule has 1 amide bonds. The van der Waals surface area contributed by atoms with Crippen molar-refractivity contribution in [3.8, 4) is 0 Å². The summed E-state index contributed by atoms with van der Waals surface area (Å²) in [6.07, 6.45) is 1.56. The van der Waals surface area contributed by atoms with Crippen LogP contribution in [0.5, 0.6) is 0 Å². The number of nitrogens with one attached hydrogen (secondary N) is 1. The van der Waals surface area contributed by atoms with Gasteiger partial charge in [0, 0.05) is 18.0 Å². The van der Waals surface area contributed by atoms with E-state index >= 15 is 0 Å². The maximum atomic E-state index is 13.7. The van der Waals surface area contributed by atoms with E-state index in [1.807, 2.05) is 6.92 Å². The zero-order valence-corrected chi connectivity index (χ0v) is 10.6. The van der Waals surface area contributed by atoms with Crippen LogP contribution in [0.15, 0.2) is 30.5 Å². The van der Waals surface area contributed by atoms with Gasteiger partial charge in [0.25, 0.3) is 5.91 Å². The zero-order valence-electron chi connectivity index (χ0n) is 10.6. The SMILES string of the molecule is C[C@@H]1CNC(=O)c2cnn(Cc3ccccc3F)c21. The predicted octanol–water partition coefficient (Wildman–Crippen LogP) is 1.92. The second kappa shape index (κ2) is 4.50. The molecule has 1 aliphatic heterocycles. The normalized spacial score (nSPS) is 18.0. The Labute approximate surface area is 110 Å². The minimum atomic E-state index is -0.250. The topological polar surface area (TPSA) is 46.9 Å². The van der Waals surface area contributed by atoms with Crippen LogP contribution in [0.1, 0.15) is 34.5 Å². The molecule has 0 saturated carbocycles. The Morgan fingerprint density at radius 3 is 3.05 bits per heavy atom. The van der Waals surface area contributed by atoms with E-state index in [9.17, 15) is 9.18 Å². The van der Waals surface area contributed by atoms with Crippen LogP contribution in [0.25, 0.3) is 0 Å². The van der Waals surface area contributed by atoms with E-state index in [-0.39, 0.29) is 17.6 Å². The van der Waals surface area contributed by atoms with E-state index in [2.05, 4.69) is 10.4 Å². The van der Waals surface area contributed by atoms with Crippen molar-refractivity contribution in [3.63, 3.8) is 0 Å². The highest BCUT2D eigenvalue weighted by Crippen LogP contribution is 2.24. The number of benzene rings is 1. The van der Waals surface area contributed by atoms with Crippen molar-refractivity contribution >= 4 is 5.91 Å². The molecule has 0 aliphatic carbocycles. The number of aromatic nitrogens is 2. The van der Waals surface area contributed by atoms with Gasteiger partial charge in [-0.05, 0) is 6.07 Å². The molecule has 5 heteroatoms. The molecule has 19 heavy (non-hydrogen) atoms. The monoisotopic (exact) mass is 259 g/mol. The van der Waals surface area contributed by atoms with Crippen molar-refractivity contribution in [3.05, 3.63) is 53.1 Å². The fraction of sp³-hybridized carbons (Fsp3) is 0.286. The molecule has 0 fully saturated rings. The largest absolute Gasteiger partial charge is 0.351 e. The van der Waals surface area contributed by atoms with Crippen LogP contribution in [0.2, 0.25) is 0 Å². The summed E-state index contributed by atoms with van der Waals surface area (Å²) < 4.78 is 15.4. The van der Waals surface area contributed by atoms with Gasteiger partial charge in [0.2, 0.25) is 0 Å². The molecule has 1 atom stereocenters. The third kappa shape index (κ3) is 2.01. The third-order valence-corrected chi connectivity index (χ3v) is 3.44. The van der Waals surface area contributed by atoms with E-state index < -0.39 is 0 Å². The molecule has 1 N–H and O–H groups in total. The highest BCUT2D eigenvalue weighted by molar-refractivity contribution is 5.96. The standard InChI is InChI=1S/C14H14FN3O/c1-9-6-16-14(19)11-7-17-18(13(9)11)8-10-4-2-3-5-12(10)15/h2-5,7,9H,6,8H2,1H3,(H,16,19)/t9-/m1/s1. The van der Waals surface area contributed by atoms with Crippen molar-refractivity contribution in [1.29, 1.82) is 0 Å². The summed E-state index contributed by atoms with van der Waals surface area (Å²) in [4.78, 5) is 11.7. The number of carbonyl (C=O) groups excluding carboxylic acids is 1. The molecule has 0 unspecified atom stereocenters. The Morgan fingerprint density at radius 2 is 2.26 bits per heavy atom. The van der Waals surface area contributed by atoms with Crippen LogP contribution in [0.4, 0.5) is 4.39 Å². The number of halogens is 1. The number of hydrogen-bond acceptors (Lipinski definition) is 2. The predicted molar refractivity (Wildman–Crippen MR) is 68.5 cm³/mol. The number of carbonyl (C=O) groups is 1. The number of nitrogens with zero attached hydrogens (tertiary/aromatic N) is 2. The smallest absolute Gasteiger partial charge is 0.254 e. The lowest BCUT2D eigenvalue weighted by Gasteiger charge is -2.21. The average molecular weight is 259 g/mol. The van der Waals surface area contributed by atoms with Gasteiger partial charge in [0.15, 0.2) is 0 Å². The first kappa shape index (κ1) is 11.9. The van der Waals surface area contributed by atoms with Gasteiger partial charge < -0.3 is 5.32 Å². The summed E-state index contributed by atoms with van der Waals surface area (Å²) in [7, 11) is 0. The van der Waals surface area contributed by atoms with Gasteiger partial charge in [-0.25, -0.2) is 4.39 Å². The van der Waals surface area contributed by atoms with Crippen LogP contribution >= 0.6 is 0 Å². The van der Waals surface area contributed by atoms with Gasteiger partial charge in [-0.15, -0.1) is 0 Å². The molecular formula is C14H14FN3O. The van der Waals surface area contributed by atoms with Gasteiger partial charge in [-0.3, -0.25) is 9.48 Å². The van der Waals surface area contributed by atoms with E-state index in [1.165, 1.54) is 6.07 Å².